The predicted molar refractivity (Wildman–Crippen MR) is 149 cm³/mol. The molecule has 2 aromatic rings. The van der Waals surface area contributed by atoms with Crippen LogP contribution in [0.15, 0.2) is 22.6 Å². The number of rotatable bonds is 11. The van der Waals surface area contributed by atoms with Crippen molar-refractivity contribution < 1.29 is 46.5 Å². The Morgan fingerprint density at radius 3 is 2.56 bits per heavy atom. The first-order chi connectivity index (χ1) is 20.3. The highest BCUT2D eigenvalue weighted by atomic mass is 19.3. The molecule has 0 radical (unpaired) electrons. The van der Waals surface area contributed by atoms with Crippen LogP contribution in [-0.4, -0.2) is 73.0 Å². The summed E-state index contributed by atoms with van der Waals surface area (Å²) in [6, 6.07) is 3.12. The number of benzene rings is 1. The van der Waals surface area contributed by atoms with Crippen LogP contribution in [0.5, 0.6) is 11.5 Å². The molecule has 2 aliphatic rings. The normalized spacial score (nSPS) is 17.4. The zero-order chi connectivity index (χ0) is 31.3. The molecular formula is C29H38F2N4O8. The molecule has 2 fully saturated rings. The zero-order valence-electron chi connectivity index (χ0n) is 24.9. The third kappa shape index (κ3) is 8.71. The highest BCUT2D eigenvalue weighted by Crippen LogP contribution is 2.37. The maximum Gasteiger partial charge on any atom is 0.409 e. The molecule has 0 bridgehead atoms. The van der Waals surface area contributed by atoms with Crippen LogP contribution < -0.4 is 20.1 Å². The van der Waals surface area contributed by atoms with E-state index in [4.69, 9.17) is 18.6 Å². The second-order valence-electron chi connectivity index (χ2n) is 11.6. The van der Waals surface area contributed by atoms with Crippen molar-refractivity contribution in [2.75, 3.05) is 26.8 Å². The number of methoxy groups -OCH3 is 1. The molecule has 1 aliphatic carbocycles. The number of alkyl halides is 2. The number of nitrogens with zero attached hydrogens (tertiary/aromatic N) is 2. The van der Waals surface area contributed by atoms with Crippen LogP contribution in [0, 0.1) is 5.92 Å². The largest absolute Gasteiger partial charge is 0.489 e. The number of amides is 3. The van der Waals surface area contributed by atoms with Crippen molar-refractivity contribution >= 4 is 18.1 Å². The average Bonchev–Trinajstić information content (AvgIpc) is 3.45. The van der Waals surface area contributed by atoms with Crippen molar-refractivity contribution in [1.82, 2.24) is 20.5 Å². The number of hydrogen-bond donors (Lipinski definition) is 2. The topological polar surface area (TPSA) is 141 Å². The van der Waals surface area contributed by atoms with E-state index in [1.54, 1.807) is 32.6 Å². The van der Waals surface area contributed by atoms with Crippen LogP contribution in [0.25, 0.3) is 11.5 Å². The van der Waals surface area contributed by atoms with Crippen molar-refractivity contribution in [3.05, 3.63) is 29.7 Å². The summed E-state index contributed by atoms with van der Waals surface area (Å²) in [5.74, 6) is -0.267. The van der Waals surface area contributed by atoms with Gasteiger partial charge in [0.2, 0.25) is 5.89 Å². The van der Waals surface area contributed by atoms with Gasteiger partial charge in [0, 0.05) is 18.7 Å². The zero-order valence-corrected chi connectivity index (χ0v) is 24.9. The molecule has 2 heterocycles. The number of alkyl carbamates (subject to hydrolysis) is 1. The van der Waals surface area contributed by atoms with Gasteiger partial charge in [0.15, 0.2) is 23.0 Å². The molecule has 1 aromatic heterocycles. The summed E-state index contributed by atoms with van der Waals surface area (Å²) in [5, 5.41) is 5.45. The van der Waals surface area contributed by atoms with E-state index in [0.29, 0.717) is 31.1 Å². The third-order valence-corrected chi connectivity index (χ3v) is 6.86. The number of nitrogens with one attached hydrogen (secondary N) is 2. The molecular weight excluding hydrogens is 570 g/mol. The summed E-state index contributed by atoms with van der Waals surface area (Å²) >= 11 is 0. The van der Waals surface area contributed by atoms with E-state index in [2.05, 4.69) is 20.4 Å². The molecule has 2 atom stereocenters. The van der Waals surface area contributed by atoms with E-state index in [1.807, 2.05) is 0 Å². The van der Waals surface area contributed by atoms with E-state index in [-0.39, 0.29) is 41.4 Å². The molecule has 1 aliphatic heterocycles. The summed E-state index contributed by atoms with van der Waals surface area (Å²) in [7, 11) is 1.30. The van der Waals surface area contributed by atoms with Gasteiger partial charge in [-0.15, -0.1) is 0 Å². The smallest absolute Gasteiger partial charge is 0.409 e. The minimum absolute atomic E-state index is 0.00471. The Balaban J connectivity index is 1.61. The highest BCUT2D eigenvalue weighted by Gasteiger charge is 2.32. The van der Waals surface area contributed by atoms with Gasteiger partial charge in [-0.1, -0.05) is 0 Å². The minimum Gasteiger partial charge on any atom is -0.489 e. The first-order valence-electron chi connectivity index (χ1n) is 14.2. The van der Waals surface area contributed by atoms with E-state index < -0.39 is 36.3 Å². The van der Waals surface area contributed by atoms with Gasteiger partial charge in [0.25, 0.3) is 5.91 Å². The number of carbonyl (C=O) groups is 3. The summed E-state index contributed by atoms with van der Waals surface area (Å²) < 4.78 is 52.6. The third-order valence-electron chi connectivity index (χ3n) is 6.86. The number of likely N-dealkylation sites (tertiary alicyclic amines) is 1. The average molecular weight is 609 g/mol. The second kappa shape index (κ2) is 13.5. The van der Waals surface area contributed by atoms with Gasteiger partial charge in [-0.3, -0.25) is 4.79 Å². The predicted octanol–water partition coefficient (Wildman–Crippen LogP) is 5.28. The number of ether oxygens (including phenoxy) is 4. The molecule has 1 saturated carbocycles. The highest BCUT2D eigenvalue weighted by molar-refractivity contribution is 5.94. The Morgan fingerprint density at radius 1 is 1.16 bits per heavy atom. The Bertz CT molecular complexity index is 1310. The summed E-state index contributed by atoms with van der Waals surface area (Å²) in [6.07, 6.45) is 2.23. The molecule has 14 heteroatoms. The molecule has 4 rings (SSSR count). The lowest BCUT2D eigenvalue weighted by atomic mass is 10.2. The molecule has 0 spiro atoms. The van der Waals surface area contributed by atoms with Crippen LogP contribution in [0.3, 0.4) is 0 Å². The molecule has 1 unspecified atom stereocenters. The summed E-state index contributed by atoms with van der Waals surface area (Å²) in [5.41, 5.74) is -0.526. The van der Waals surface area contributed by atoms with Gasteiger partial charge in [-0.05, 0) is 77.5 Å². The molecule has 1 aromatic carbocycles. The van der Waals surface area contributed by atoms with Crippen molar-refractivity contribution in [1.29, 1.82) is 0 Å². The van der Waals surface area contributed by atoms with Crippen molar-refractivity contribution in [2.24, 2.45) is 5.92 Å². The Morgan fingerprint density at radius 2 is 1.91 bits per heavy atom. The number of aromatic nitrogens is 1. The van der Waals surface area contributed by atoms with E-state index in [0.717, 1.165) is 19.3 Å². The lowest BCUT2D eigenvalue weighted by Crippen LogP contribution is -2.43. The van der Waals surface area contributed by atoms with Gasteiger partial charge in [0.1, 0.15) is 5.60 Å². The molecule has 3 amide bonds. The van der Waals surface area contributed by atoms with Crippen LogP contribution in [0.4, 0.5) is 18.4 Å². The fraction of sp³-hybridized carbons (Fsp3) is 0.586. The van der Waals surface area contributed by atoms with Gasteiger partial charge in [0.05, 0.1) is 25.8 Å². The van der Waals surface area contributed by atoms with E-state index in [1.165, 1.54) is 25.3 Å². The second-order valence-corrected chi connectivity index (χ2v) is 11.6. The number of carbonyl (C=O) groups excluding carboxylic acids is 3. The van der Waals surface area contributed by atoms with Gasteiger partial charge < -0.3 is 38.9 Å². The fourth-order valence-corrected chi connectivity index (χ4v) is 4.60. The minimum atomic E-state index is -3.05. The lowest BCUT2D eigenvalue weighted by molar-refractivity contribution is -0.0515. The maximum atomic E-state index is 13.4. The Kier molecular flexibility index (Phi) is 9.97. The van der Waals surface area contributed by atoms with Gasteiger partial charge in [-0.2, -0.15) is 8.78 Å². The molecule has 2 N–H and O–H groups in total. The van der Waals surface area contributed by atoms with E-state index >= 15 is 0 Å². The van der Waals surface area contributed by atoms with Crippen molar-refractivity contribution in [2.45, 2.75) is 77.7 Å². The quantitative estimate of drug-likeness (QED) is 0.349. The Labute approximate surface area is 248 Å². The first kappa shape index (κ1) is 31.8. The molecule has 1 saturated heterocycles. The maximum absolute atomic E-state index is 13.4. The van der Waals surface area contributed by atoms with Crippen LogP contribution >= 0.6 is 0 Å². The number of oxazole rings is 1. The van der Waals surface area contributed by atoms with E-state index in [9.17, 15) is 23.2 Å². The molecule has 12 nitrogen and oxygen atoms in total. The molecule has 43 heavy (non-hydrogen) atoms. The SMILES string of the molecule is COC(=O)N1CCCC1CNC(=O)c1nc(-c2ccc(OC(F)F)c(OCC3CC3)c2)oc1[C@H](C)NC(=O)OC(C)(C)C. The van der Waals surface area contributed by atoms with Crippen LogP contribution in [-0.2, 0) is 9.47 Å². The fourth-order valence-electron chi connectivity index (χ4n) is 4.60. The Hall–Kier alpha value is -4.10. The molecule has 236 valence electrons. The monoisotopic (exact) mass is 608 g/mol. The summed E-state index contributed by atoms with van der Waals surface area (Å²) in [6.45, 7) is 4.70. The lowest BCUT2D eigenvalue weighted by Gasteiger charge is -2.23. The van der Waals surface area contributed by atoms with Gasteiger partial charge >= 0.3 is 18.8 Å². The van der Waals surface area contributed by atoms with Crippen LogP contribution in [0.1, 0.15) is 75.7 Å². The standard InChI is InChI=1S/C29H38F2N4O8/c1-16(33-27(37)43-29(2,3)4)23-22(24(36)32-14-19-7-6-12-35(19)28(38)39-5)34-25(42-23)18-10-11-20(41-26(30)31)21(13-18)40-15-17-8-9-17/h10-11,13,16-17,19,26H,6-9,12,14-15H2,1-5H3,(H,32,36)(H,33,37)/t16-,19?/m0/s1. The van der Waals surface area contributed by atoms with Crippen LogP contribution in [0.2, 0.25) is 0 Å². The van der Waals surface area contributed by atoms with Crippen molar-refractivity contribution in [3.63, 3.8) is 0 Å². The number of halogens is 2. The van der Waals surface area contributed by atoms with Gasteiger partial charge in [-0.25, -0.2) is 14.6 Å². The summed E-state index contributed by atoms with van der Waals surface area (Å²) in [4.78, 5) is 44.0. The number of hydrogen-bond acceptors (Lipinski definition) is 9. The van der Waals surface area contributed by atoms with Crippen molar-refractivity contribution in [3.8, 4) is 23.0 Å². The first-order valence-corrected chi connectivity index (χ1v) is 14.2.